The smallest absolute Gasteiger partial charge is 0.237 e. The number of thioether (sulfide) groups is 2. The minimum absolute atomic E-state index is 0.0876. The predicted octanol–water partition coefficient (Wildman–Crippen LogP) is 3.41. The van der Waals surface area contributed by atoms with E-state index in [4.69, 9.17) is 0 Å². The monoisotopic (exact) mass is 325 g/mol. The van der Waals surface area contributed by atoms with Crippen LogP contribution in [-0.4, -0.2) is 34.7 Å². The van der Waals surface area contributed by atoms with Crippen molar-refractivity contribution in [1.29, 1.82) is 0 Å². The van der Waals surface area contributed by atoms with E-state index < -0.39 is 0 Å². The Balaban J connectivity index is 1.96. The quantitative estimate of drug-likeness (QED) is 0.762. The maximum atomic E-state index is 12.3. The number of benzene rings is 1. The maximum Gasteiger partial charge on any atom is 0.237 e. The molecule has 0 aliphatic rings. The first-order valence-corrected chi connectivity index (χ1v) is 9.13. The molecule has 0 bridgehead atoms. The molecule has 4 nitrogen and oxygen atoms in total. The Morgan fingerprint density at radius 3 is 2.55 bits per heavy atom. The molecule has 7 heteroatoms. The number of carbonyl (C=O) groups is 1. The van der Waals surface area contributed by atoms with E-state index in [0.29, 0.717) is 12.3 Å². The molecule has 1 aromatic carbocycles. The highest BCUT2D eigenvalue weighted by Gasteiger charge is 2.15. The van der Waals surface area contributed by atoms with Gasteiger partial charge in [0.1, 0.15) is 0 Å². The SMILES string of the molecule is CCN(C(=O)CSc1nnc(SC)s1)c1ccccc1. The van der Waals surface area contributed by atoms with Gasteiger partial charge in [-0.1, -0.05) is 53.1 Å². The van der Waals surface area contributed by atoms with Gasteiger partial charge in [0.05, 0.1) is 5.75 Å². The van der Waals surface area contributed by atoms with Gasteiger partial charge < -0.3 is 4.90 Å². The molecule has 2 rings (SSSR count). The minimum atomic E-state index is 0.0876. The van der Waals surface area contributed by atoms with E-state index in [9.17, 15) is 4.79 Å². The van der Waals surface area contributed by atoms with Crippen LogP contribution in [0, 0.1) is 0 Å². The van der Waals surface area contributed by atoms with Crippen LogP contribution in [0.1, 0.15) is 6.92 Å². The first-order chi connectivity index (χ1) is 9.74. The minimum Gasteiger partial charge on any atom is -0.312 e. The lowest BCUT2D eigenvalue weighted by molar-refractivity contribution is -0.116. The van der Waals surface area contributed by atoms with Gasteiger partial charge in [0, 0.05) is 12.2 Å². The van der Waals surface area contributed by atoms with E-state index in [-0.39, 0.29) is 5.91 Å². The molecule has 1 amide bonds. The second-order valence-corrected chi connectivity index (χ2v) is 7.05. The number of nitrogens with zero attached hydrogens (tertiary/aromatic N) is 3. The van der Waals surface area contributed by atoms with E-state index in [0.717, 1.165) is 14.4 Å². The van der Waals surface area contributed by atoms with Crippen molar-refractivity contribution in [1.82, 2.24) is 10.2 Å². The molecule has 106 valence electrons. The van der Waals surface area contributed by atoms with Crippen molar-refractivity contribution in [2.45, 2.75) is 15.6 Å². The van der Waals surface area contributed by atoms with Crippen LogP contribution in [-0.2, 0) is 4.79 Å². The highest BCUT2D eigenvalue weighted by Crippen LogP contribution is 2.27. The van der Waals surface area contributed by atoms with Crippen LogP contribution in [0.3, 0.4) is 0 Å². The number of aromatic nitrogens is 2. The third-order valence-electron chi connectivity index (χ3n) is 2.57. The van der Waals surface area contributed by atoms with Crippen LogP contribution in [0.25, 0.3) is 0 Å². The number of hydrogen-bond acceptors (Lipinski definition) is 6. The summed E-state index contributed by atoms with van der Waals surface area (Å²) in [6.07, 6.45) is 1.97. The Morgan fingerprint density at radius 1 is 1.25 bits per heavy atom. The molecule has 0 saturated carbocycles. The molecule has 0 unspecified atom stereocenters. The molecule has 1 aromatic heterocycles. The third-order valence-corrected chi connectivity index (χ3v) is 5.58. The Morgan fingerprint density at radius 2 is 1.95 bits per heavy atom. The molecular formula is C13H15N3OS3. The Hall–Kier alpha value is -1.05. The van der Waals surface area contributed by atoms with Gasteiger partial charge in [-0.3, -0.25) is 4.79 Å². The molecule has 0 N–H and O–H groups in total. The first kappa shape index (κ1) is 15.3. The van der Waals surface area contributed by atoms with Crippen LogP contribution in [0.2, 0.25) is 0 Å². The molecule has 20 heavy (non-hydrogen) atoms. The first-order valence-electron chi connectivity index (χ1n) is 6.10. The standard InChI is InChI=1S/C13H15N3OS3/c1-3-16(10-7-5-4-6-8-10)11(17)9-19-13-15-14-12(18-2)20-13/h4-8H,3,9H2,1-2H3. The molecule has 0 aliphatic heterocycles. The van der Waals surface area contributed by atoms with Gasteiger partial charge in [-0.05, 0) is 25.3 Å². The zero-order valence-corrected chi connectivity index (χ0v) is 13.7. The summed E-state index contributed by atoms with van der Waals surface area (Å²) in [5.74, 6) is 0.468. The normalized spacial score (nSPS) is 10.5. The summed E-state index contributed by atoms with van der Waals surface area (Å²) in [5.41, 5.74) is 0.933. The predicted molar refractivity (Wildman–Crippen MR) is 86.9 cm³/mol. The number of rotatable bonds is 6. The van der Waals surface area contributed by atoms with Crippen molar-refractivity contribution in [2.24, 2.45) is 0 Å². The fourth-order valence-electron chi connectivity index (χ4n) is 1.65. The van der Waals surface area contributed by atoms with Crippen LogP contribution in [0.15, 0.2) is 39.0 Å². The number of amides is 1. The van der Waals surface area contributed by atoms with E-state index in [1.165, 1.54) is 23.1 Å². The van der Waals surface area contributed by atoms with Gasteiger partial charge in [0.25, 0.3) is 0 Å². The summed E-state index contributed by atoms with van der Waals surface area (Å²) >= 11 is 4.53. The van der Waals surface area contributed by atoms with E-state index in [1.807, 2.05) is 43.5 Å². The molecular weight excluding hydrogens is 310 g/mol. The molecule has 1 heterocycles. The lowest BCUT2D eigenvalue weighted by atomic mass is 10.3. The third kappa shape index (κ3) is 3.97. The van der Waals surface area contributed by atoms with E-state index in [1.54, 1.807) is 16.7 Å². The lowest BCUT2D eigenvalue weighted by Crippen LogP contribution is -2.32. The van der Waals surface area contributed by atoms with Gasteiger partial charge in [0.2, 0.25) is 5.91 Å². The maximum absolute atomic E-state index is 12.3. The Labute approximate surface area is 131 Å². The molecule has 0 aliphatic carbocycles. The van der Waals surface area contributed by atoms with Gasteiger partial charge in [-0.2, -0.15) is 0 Å². The van der Waals surface area contributed by atoms with Gasteiger partial charge in [-0.15, -0.1) is 10.2 Å². The Kier molecular flexibility index (Phi) is 5.87. The average Bonchev–Trinajstić information content (AvgIpc) is 2.95. The molecule has 0 spiro atoms. The van der Waals surface area contributed by atoms with Crippen LogP contribution < -0.4 is 4.90 Å². The molecule has 0 fully saturated rings. The summed E-state index contributed by atoms with van der Waals surface area (Å²) in [6, 6.07) is 9.72. The topological polar surface area (TPSA) is 46.1 Å². The summed E-state index contributed by atoms with van der Waals surface area (Å²) in [5, 5.41) is 8.08. The van der Waals surface area contributed by atoms with Crippen molar-refractivity contribution in [3.05, 3.63) is 30.3 Å². The fourth-order valence-corrected chi connectivity index (χ4v) is 3.96. The van der Waals surface area contributed by atoms with Gasteiger partial charge in [-0.25, -0.2) is 0 Å². The number of para-hydroxylation sites is 1. The lowest BCUT2D eigenvalue weighted by Gasteiger charge is -2.20. The summed E-state index contributed by atoms with van der Waals surface area (Å²) in [7, 11) is 0. The van der Waals surface area contributed by atoms with Crippen molar-refractivity contribution in [3.63, 3.8) is 0 Å². The van der Waals surface area contributed by atoms with Crippen LogP contribution in [0.4, 0.5) is 5.69 Å². The van der Waals surface area contributed by atoms with Crippen molar-refractivity contribution in [3.8, 4) is 0 Å². The number of anilines is 1. The highest BCUT2D eigenvalue weighted by molar-refractivity contribution is 8.03. The van der Waals surface area contributed by atoms with Crippen LogP contribution >= 0.6 is 34.9 Å². The second-order valence-electron chi connectivity index (χ2n) is 3.80. The van der Waals surface area contributed by atoms with Crippen molar-refractivity contribution in [2.75, 3.05) is 23.5 Å². The largest absolute Gasteiger partial charge is 0.312 e. The van der Waals surface area contributed by atoms with Crippen molar-refractivity contribution >= 4 is 46.5 Å². The van der Waals surface area contributed by atoms with Crippen molar-refractivity contribution < 1.29 is 4.79 Å². The molecule has 2 aromatic rings. The number of hydrogen-bond donors (Lipinski definition) is 0. The van der Waals surface area contributed by atoms with E-state index >= 15 is 0 Å². The zero-order chi connectivity index (χ0) is 14.4. The highest BCUT2D eigenvalue weighted by atomic mass is 32.2. The Bertz CT molecular complexity index is 559. The molecule has 0 radical (unpaired) electrons. The number of carbonyl (C=O) groups excluding carboxylic acids is 1. The molecule has 0 atom stereocenters. The second kappa shape index (κ2) is 7.66. The average molecular weight is 325 g/mol. The molecule has 0 saturated heterocycles. The summed E-state index contributed by atoms with van der Waals surface area (Å²) < 4.78 is 1.77. The summed E-state index contributed by atoms with van der Waals surface area (Å²) in [4.78, 5) is 14.1. The fraction of sp³-hybridized carbons (Fsp3) is 0.308. The van der Waals surface area contributed by atoms with Gasteiger partial charge >= 0.3 is 0 Å². The zero-order valence-electron chi connectivity index (χ0n) is 11.3. The van der Waals surface area contributed by atoms with Gasteiger partial charge in [0.15, 0.2) is 8.68 Å². The van der Waals surface area contributed by atoms with Crippen LogP contribution in [0.5, 0.6) is 0 Å². The summed E-state index contributed by atoms with van der Waals surface area (Å²) in [6.45, 7) is 2.64. The van der Waals surface area contributed by atoms with E-state index in [2.05, 4.69) is 10.2 Å².